The minimum absolute atomic E-state index is 0.103. The molecular formula is C13H16BrNO3S. The third-order valence-electron chi connectivity index (χ3n) is 3.32. The number of halogens is 1. The van der Waals surface area contributed by atoms with Gasteiger partial charge >= 0.3 is 0 Å². The molecule has 2 rings (SSSR count). The monoisotopic (exact) mass is 345 g/mol. The van der Waals surface area contributed by atoms with Crippen molar-refractivity contribution in [3.63, 3.8) is 0 Å². The molecule has 0 unspecified atom stereocenters. The minimum atomic E-state index is -3.54. The molecule has 1 fully saturated rings. The second-order valence-corrected chi connectivity index (χ2v) is 7.71. The zero-order valence-corrected chi connectivity index (χ0v) is 13.0. The first kappa shape index (κ1) is 14.7. The third-order valence-corrected chi connectivity index (χ3v) is 5.75. The van der Waals surface area contributed by atoms with Gasteiger partial charge in [0.25, 0.3) is 0 Å². The number of hydrogen-bond acceptors (Lipinski definition) is 3. The highest BCUT2D eigenvalue weighted by atomic mass is 79.9. The number of aryl methyl sites for hydroxylation is 1. The summed E-state index contributed by atoms with van der Waals surface area (Å²) >= 11 is 3.23. The second-order valence-electron chi connectivity index (χ2n) is 4.76. The van der Waals surface area contributed by atoms with Crippen LogP contribution in [-0.4, -0.2) is 37.0 Å². The van der Waals surface area contributed by atoms with Crippen LogP contribution in [0.15, 0.2) is 40.2 Å². The first-order chi connectivity index (χ1) is 8.82. The van der Waals surface area contributed by atoms with E-state index >= 15 is 0 Å². The van der Waals surface area contributed by atoms with Crippen LogP contribution in [0.2, 0.25) is 0 Å². The average Bonchev–Trinajstić information content (AvgIpc) is 2.72. The molecule has 1 aromatic rings. The molecular weight excluding hydrogens is 330 g/mol. The Morgan fingerprint density at radius 1 is 1.37 bits per heavy atom. The van der Waals surface area contributed by atoms with Gasteiger partial charge in [0.05, 0.1) is 11.0 Å². The summed E-state index contributed by atoms with van der Waals surface area (Å²) in [4.78, 5) is 0.256. The molecule has 19 heavy (non-hydrogen) atoms. The lowest BCUT2D eigenvalue weighted by atomic mass is 10.1. The molecule has 0 amide bonds. The maximum absolute atomic E-state index is 12.4. The fourth-order valence-corrected chi connectivity index (χ4v) is 4.05. The van der Waals surface area contributed by atoms with Gasteiger partial charge < -0.3 is 5.11 Å². The Bertz CT molecular complexity index is 582. The van der Waals surface area contributed by atoms with Crippen LogP contribution in [0, 0.1) is 12.8 Å². The van der Waals surface area contributed by atoms with E-state index in [1.165, 1.54) is 4.31 Å². The number of sulfonamides is 1. The summed E-state index contributed by atoms with van der Waals surface area (Å²) in [6.45, 7) is 5.98. The predicted molar refractivity (Wildman–Crippen MR) is 77.5 cm³/mol. The van der Waals surface area contributed by atoms with Crippen LogP contribution in [0.3, 0.4) is 0 Å². The molecule has 0 saturated carbocycles. The lowest BCUT2D eigenvalue weighted by molar-refractivity contribution is 0.163. The molecule has 0 aliphatic carbocycles. The van der Waals surface area contributed by atoms with Gasteiger partial charge in [-0.15, -0.1) is 0 Å². The zero-order chi connectivity index (χ0) is 14.2. The highest BCUT2D eigenvalue weighted by Gasteiger charge is 2.39. The van der Waals surface area contributed by atoms with Crippen LogP contribution >= 0.6 is 15.9 Å². The molecule has 0 bridgehead atoms. The Balaban J connectivity index is 2.27. The standard InChI is InChI=1S/C13H16BrNO3S/c1-9-3-5-11(6-4-9)19(17,18)15-7-12(10(2)14)13(16)8-15/h3-6,12-13,16H,2,7-8H2,1H3/t12-,13-/m1/s1. The number of hydrogen-bond donors (Lipinski definition) is 1. The highest BCUT2D eigenvalue weighted by Crippen LogP contribution is 2.30. The number of benzene rings is 1. The van der Waals surface area contributed by atoms with E-state index in [9.17, 15) is 13.5 Å². The molecule has 1 saturated heterocycles. The molecule has 1 N–H and O–H groups in total. The fraction of sp³-hybridized carbons (Fsp3) is 0.385. The predicted octanol–water partition coefficient (Wildman–Crippen LogP) is 1.89. The van der Waals surface area contributed by atoms with Gasteiger partial charge in [-0.3, -0.25) is 0 Å². The van der Waals surface area contributed by atoms with E-state index in [4.69, 9.17) is 0 Å². The Morgan fingerprint density at radius 3 is 2.42 bits per heavy atom. The van der Waals surface area contributed by atoms with Crippen LogP contribution in [0.5, 0.6) is 0 Å². The van der Waals surface area contributed by atoms with Gasteiger partial charge in [0, 0.05) is 19.0 Å². The van der Waals surface area contributed by atoms with Crippen molar-refractivity contribution in [1.82, 2.24) is 4.31 Å². The van der Waals surface area contributed by atoms with Gasteiger partial charge in [0.15, 0.2) is 0 Å². The lowest BCUT2D eigenvalue weighted by Gasteiger charge is -2.16. The van der Waals surface area contributed by atoms with Gasteiger partial charge in [0.1, 0.15) is 0 Å². The number of nitrogens with zero attached hydrogens (tertiary/aromatic N) is 1. The van der Waals surface area contributed by atoms with Crippen LogP contribution in [0.4, 0.5) is 0 Å². The van der Waals surface area contributed by atoms with Crippen LogP contribution in [-0.2, 0) is 10.0 Å². The summed E-state index contributed by atoms with van der Waals surface area (Å²) in [6, 6.07) is 6.71. The van der Waals surface area contributed by atoms with Gasteiger partial charge in [-0.25, -0.2) is 8.42 Å². The maximum Gasteiger partial charge on any atom is 0.243 e. The summed E-state index contributed by atoms with van der Waals surface area (Å²) in [5.41, 5.74) is 1.01. The van der Waals surface area contributed by atoms with E-state index in [0.29, 0.717) is 4.48 Å². The van der Waals surface area contributed by atoms with Crippen molar-refractivity contribution in [3.05, 3.63) is 40.9 Å². The van der Waals surface area contributed by atoms with Crippen LogP contribution in [0.25, 0.3) is 0 Å². The fourth-order valence-electron chi connectivity index (χ4n) is 2.11. The summed E-state index contributed by atoms with van der Waals surface area (Å²) in [7, 11) is -3.54. The van der Waals surface area contributed by atoms with Crippen molar-refractivity contribution in [3.8, 4) is 0 Å². The molecule has 0 aromatic heterocycles. The van der Waals surface area contributed by atoms with Crippen LogP contribution < -0.4 is 0 Å². The first-order valence-corrected chi connectivity index (χ1v) is 8.15. The minimum Gasteiger partial charge on any atom is -0.391 e. The van der Waals surface area contributed by atoms with Gasteiger partial charge in [-0.1, -0.05) is 40.2 Å². The number of aliphatic hydroxyl groups is 1. The highest BCUT2D eigenvalue weighted by molar-refractivity contribution is 9.11. The molecule has 1 aliphatic heterocycles. The molecule has 1 heterocycles. The summed E-state index contributed by atoms with van der Waals surface area (Å²) in [6.07, 6.45) is -0.716. The topological polar surface area (TPSA) is 57.6 Å². The molecule has 0 radical (unpaired) electrons. The molecule has 1 aromatic carbocycles. The number of β-amino-alcohol motifs (C(OH)–C–C–N with tert-alkyl or cyclic N) is 1. The van der Waals surface area contributed by atoms with E-state index in [1.54, 1.807) is 24.3 Å². The molecule has 6 heteroatoms. The largest absolute Gasteiger partial charge is 0.391 e. The molecule has 1 aliphatic rings. The van der Waals surface area contributed by atoms with Crippen molar-refractivity contribution in [1.29, 1.82) is 0 Å². The first-order valence-electron chi connectivity index (χ1n) is 5.91. The summed E-state index contributed by atoms with van der Waals surface area (Å²) in [5, 5.41) is 9.89. The van der Waals surface area contributed by atoms with E-state index in [-0.39, 0.29) is 23.9 Å². The molecule has 2 atom stereocenters. The normalized spacial score (nSPS) is 24.6. The van der Waals surface area contributed by atoms with Gasteiger partial charge in [0.2, 0.25) is 10.0 Å². The van der Waals surface area contributed by atoms with E-state index in [1.807, 2.05) is 6.92 Å². The van der Waals surface area contributed by atoms with Gasteiger partial charge in [-0.2, -0.15) is 4.31 Å². The quantitative estimate of drug-likeness (QED) is 0.909. The van der Waals surface area contributed by atoms with Crippen molar-refractivity contribution < 1.29 is 13.5 Å². The molecule has 0 spiro atoms. The number of aliphatic hydroxyl groups excluding tert-OH is 1. The maximum atomic E-state index is 12.4. The summed E-state index contributed by atoms with van der Waals surface area (Å²) in [5.74, 6) is -0.264. The van der Waals surface area contributed by atoms with E-state index in [0.717, 1.165) is 5.56 Å². The Kier molecular flexibility index (Phi) is 4.15. The average molecular weight is 346 g/mol. The van der Waals surface area contributed by atoms with Crippen molar-refractivity contribution in [2.45, 2.75) is 17.9 Å². The zero-order valence-electron chi connectivity index (χ0n) is 10.6. The van der Waals surface area contributed by atoms with Gasteiger partial charge in [-0.05, 0) is 23.5 Å². The number of rotatable bonds is 3. The van der Waals surface area contributed by atoms with Crippen molar-refractivity contribution in [2.75, 3.05) is 13.1 Å². The Morgan fingerprint density at radius 2 is 1.95 bits per heavy atom. The Hall–Kier alpha value is -0.690. The molecule has 104 valence electrons. The Labute approximate surface area is 121 Å². The SMILES string of the molecule is C=C(Br)[C@H]1CN(S(=O)(=O)c2ccc(C)cc2)C[C@H]1O. The molecule has 4 nitrogen and oxygen atoms in total. The summed E-state index contributed by atoms with van der Waals surface area (Å²) < 4.78 is 26.8. The third kappa shape index (κ3) is 2.91. The smallest absolute Gasteiger partial charge is 0.243 e. The second kappa shape index (κ2) is 5.36. The van der Waals surface area contributed by atoms with Crippen LogP contribution in [0.1, 0.15) is 5.56 Å². The van der Waals surface area contributed by atoms with Crippen molar-refractivity contribution >= 4 is 26.0 Å². The van der Waals surface area contributed by atoms with E-state index in [2.05, 4.69) is 22.5 Å². The van der Waals surface area contributed by atoms with E-state index < -0.39 is 16.1 Å². The lowest BCUT2D eigenvalue weighted by Crippen LogP contribution is -2.29. The van der Waals surface area contributed by atoms with Crippen molar-refractivity contribution in [2.24, 2.45) is 5.92 Å².